The first-order chi connectivity index (χ1) is 10.4. The number of Topliss-reactive ketones (excluding diaryl/α,β-unsaturated/α-hetero) is 2. The molecule has 0 aromatic rings. The van der Waals surface area contributed by atoms with Crippen molar-refractivity contribution in [1.82, 2.24) is 0 Å². The molecule has 0 saturated heterocycles. The summed E-state index contributed by atoms with van der Waals surface area (Å²) in [6, 6.07) is 0. The Morgan fingerprint density at radius 1 is 0.625 bits per heavy atom. The number of carbonyl (C=O) groups excluding carboxylic acids is 4. The molecule has 0 rings (SSSR count). The maximum Gasteiger partial charge on any atom is 0.350 e. The van der Waals surface area contributed by atoms with Crippen LogP contribution in [0.2, 0.25) is 0 Å². The van der Waals surface area contributed by atoms with Crippen molar-refractivity contribution in [3.63, 3.8) is 0 Å². The summed E-state index contributed by atoms with van der Waals surface area (Å²) in [7, 11) is 0. The molecule has 138 valence electrons. The van der Waals surface area contributed by atoms with Gasteiger partial charge in [0.25, 0.3) is 11.2 Å². The van der Waals surface area contributed by atoms with Crippen molar-refractivity contribution in [3.05, 3.63) is 0 Å². The van der Waals surface area contributed by atoms with E-state index >= 15 is 0 Å². The lowest BCUT2D eigenvalue weighted by atomic mass is 9.76. The topological polar surface area (TPSA) is 127 Å². The first-order valence-electron chi connectivity index (χ1n) is 7.33. The normalized spacial score (nSPS) is 17.2. The van der Waals surface area contributed by atoms with Crippen LogP contribution in [0.3, 0.4) is 0 Å². The number of rotatable bonds is 5. The van der Waals surface area contributed by atoms with Crippen molar-refractivity contribution in [3.8, 4) is 0 Å². The molecule has 0 aliphatic carbocycles. The monoisotopic (exact) mass is 346 g/mol. The van der Waals surface area contributed by atoms with Crippen LogP contribution in [0.1, 0.15) is 55.4 Å². The number of ether oxygens (including phenoxy) is 2. The fourth-order valence-corrected chi connectivity index (χ4v) is 1.80. The molecule has 0 aliphatic rings. The first-order valence-corrected chi connectivity index (χ1v) is 7.33. The molecule has 2 unspecified atom stereocenters. The molecule has 8 nitrogen and oxygen atoms in total. The van der Waals surface area contributed by atoms with E-state index in [0.717, 1.165) is 13.8 Å². The standard InChI is InChI=1S/C16H26O8/c1-9(17)15(21,11(19)23-13(3,4)5)16(22,10(2)18)12(20)24-14(6,7)8/h21-22H,1-8H3. The Hall–Kier alpha value is -1.80. The third-order valence-corrected chi connectivity index (χ3v) is 2.93. The summed E-state index contributed by atoms with van der Waals surface area (Å²) in [5, 5.41) is 21.2. The van der Waals surface area contributed by atoms with Crippen molar-refractivity contribution in [2.24, 2.45) is 0 Å². The Bertz CT molecular complexity index is 501. The second kappa shape index (κ2) is 6.60. The number of esters is 2. The average Bonchev–Trinajstić information content (AvgIpc) is 2.31. The van der Waals surface area contributed by atoms with Gasteiger partial charge >= 0.3 is 11.9 Å². The highest BCUT2D eigenvalue weighted by atomic mass is 16.6. The quantitative estimate of drug-likeness (QED) is 0.538. The van der Waals surface area contributed by atoms with Gasteiger partial charge < -0.3 is 19.7 Å². The molecule has 0 amide bonds. The van der Waals surface area contributed by atoms with E-state index in [1.807, 2.05) is 0 Å². The molecular weight excluding hydrogens is 320 g/mol. The molecule has 2 atom stereocenters. The van der Waals surface area contributed by atoms with Gasteiger partial charge in [0.1, 0.15) is 11.2 Å². The average molecular weight is 346 g/mol. The number of hydrogen-bond acceptors (Lipinski definition) is 8. The van der Waals surface area contributed by atoms with E-state index in [9.17, 15) is 29.4 Å². The second-order valence-corrected chi connectivity index (χ2v) is 7.54. The van der Waals surface area contributed by atoms with Crippen LogP contribution in [-0.2, 0) is 28.7 Å². The molecule has 8 heteroatoms. The summed E-state index contributed by atoms with van der Waals surface area (Å²) in [6.07, 6.45) is 0. The second-order valence-electron chi connectivity index (χ2n) is 7.54. The number of aliphatic hydroxyl groups is 2. The Morgan fingerprint density at radius 3 is 0.958 bits per heavy atom. The van der Waals surface area contributed by atoms with Gasteiger partial charge in [-0.2, -0.15) is 0 Å². The fourth-order valence-electron chi connectivity index (χ4n) is 1.80. The van der Waals surface area contributed by atoms with Crippen molar-refractivity contribution in [2.45, 2.75) is 77.8 Å². The molecule has 0 aromatic carbocycles. The first kappa shape index (κ1) is 22.2. The highest BCUT2D eigenvalue weighted by molar-refractivity contribution is 6.21. The summed E-state index contributed by atoms with van der Waals surface area (Å²) in [4.78, 5) is 48.5. The minimum atomic E-state index is -3.44. The van der Waals surface area contributed by atoms with Crippen LogP contribution in [0.25, 0.3) is 0 Å². The van der Waals surface area contributed by atoms with E-state index in [0.29, 0.717) is 0 Å². The SMILES string of the molecule is CC(=O)C(O)(C(=O)OC(C)(C)C)C(O)(C(C)=O)C(=O)OC(C)(C)C. The Labute approximate surface area is 141 Å². The lowest BCUT2D eigenvalue weighted by Gasteiger charge is -2.38. The van der Waals surface area contributed by atoms with Gasteiger partial charge in [-0.1, -0.05) is 0 Å². The molecule has 2 N–H and O–H groups in total. The van der Waals surface area contributed by atoms with Gasteiger partial charge in [-0.05, 0) is 55.4 Å². The van der Waals surface area contributed by atoms with E-state index < -0.39 is 45.9 Å². The Balaban J connectivity index is 6.30. The zero-order valence-electron chi connectivity index (χ0n) is 15.3. The van der Waals surface area contributed by atoms with Crippen LogP contribution in [0.5, 0.6) is 0 Å². The van der Waals surface area contributed by atoms with Crippen LogP contribution in [0.4, 0.5) is 0 Å². The van der Waals surface area contributed by atoms with Crippen molar-refractivity contribution >= 4 is 23.5 Å². The van der Waals surface area contributed by atoms with Crippen molar-refractivity contribution < 1.29 is 38.9 Å². The fraction of sp³-hybridized carbons (Fsp3) is 0.750. The molecule has 24 heavy (non-hydrogen) atoms. The minimum absolute atomic E-state index is 0.752. The predicted molar refractivity (Wildman–Crippen MR) is 83.0 cm³/mol. The maximum absolute atomic E-state index is 12.3. The number of carbonyl (C=O) groups is 4. The zero-order chi connectivity index (χ0) is 19.7. The lowest BCUT2D eigenvalue weighted by molar-refractivity contribution is -0.220. The zero-order valence-corrected chi connectivity index (χ0v) is 15.3. The van der Waals surface area contributed by atoms with E-state index in [1.165, 1.54) is 41.5 Å². The van der Waals surface area contributed by atoms with Gasteiger partial charge in [0.15, 0.2) is 11.6 Å². The van der Waals surface area contributed by atoms with Crippen LogP contribution >= 0.6 is 0 Å². The third-order valence-electron chi connectivity index (χ3n) is 2.93. The Kier molecular flexibility index (Phi) is 6.11. The van der Waals surface area contributed by atoms with E-state index in [4.69, 9.17) is 9.47 Å². The highest BCUT2D eigenvalue weighted by Crippen LogP contribution is 2.31. The van der Waals surface area contributed by atoms with Gasteiger partial charge in [-0.3, -0.25) is 9.59 Å². The molecule has 0 heterocycles. The van der Waals surface area contributed by atoms with Crippen molar-refractivity contribution in [1.29, 1.82) is 0 Å². The Morgan fingerprint density at radius 2 is 0.833 bits per heavy atom. The van der Waals surface area contributed by atoms with E-state index in [1.54, 1.807) is 0 Å². The van der Waals surface area contributed by atoms with Crippen molar-refractivity contribution in [2.75, 3.05) is 0 Å². The molecule has 0 radical (unpaired) electrons. The van der Waals surface area contributed by atoms with Gasteiger partial charge in [0.05, 0.1) is 0 Å². The van der Waals surface area contributed by atoms with E-state index in [-0.39, 0.29) is 0 Å². The van der Waals surface area contributed by atoms with Gasteiger partial charge in [0.2, 0.25) is 0 Å². The number of ketones is 2. The van der Waals surface area contributed by atoms with Gasteiger partial charge in [-0.15, -0.1) is 0 Å². The summed E-state index contributed by atoms with van der Waals surface area (Å²) in [5.74, 6) is -5.90. The smallest absolute Gasteiger partial charge is 0.350 e. The molecule has 0 saturated carbocycles. The van der Waals surface area contributed by atoms with Crippen LogP contribution < -0.4 is 0 Å². The summed E-state index contributed by atoms with van der Waals surface area (Å²) in [5.41, 5.74) is -9.17. The third kappa shape index (κ3) is 4.39. The summed E-state index contributed by atoms with van der Waals surface area (Å²) < 4.78 is 9.82. The minimum Gasteiger partial charge on any atom is -0.457 e. The van der Waals surface area contributed by atoms with Crippen LogP contribution in [0, 0.1) is 0 Å². The lowest BCUT2D eigenvalue weighted by Crippen LogP contribution is -2.72. The summed E-state index contributed by atoms with van der Waals surface area (Å²) in [6.45, 7) is 10.2. The molecule has 0 aliphatic heterocycles. The number of hydrogen-bond donors (Lipinski definition) is 2. The van der Waals surface area contributed by atoms with Crippen LogP contribution in [-0.4, -0.2) is 56.1 Å². The molecule has 0 bridgehead atoms. The van der Waals surface area contributed by atoms with Gasteiger partial charge in [-0.25, -0.2) is 9.59 Å². The summed E-state index contributed by atoms with van der Waals surface area (Å²) >= 11 is 0. The largest absolute Gasteiger partial charge is 0.457 e. The molecular formula is C16H26O8. The molecule has 0 fully saturated rings. The predicted octanol–water partition coefficient (Wildman–Crippen LogP) is 0.310. The highest BCUT2D eigenvalue weighted by Gasteiger charge is 2.69. The van der Waals surface area contributed by atoms with Crippen LogP contribution in [0.15, 0.2) is 0 Å². The molecule has 0 aromatic heterocycles. The maximum atomic E-state index is 12.3. The molecule has 0 spiro atoms. The van der Waals surface area contributed by atoms with E-state index in [2.05, 4.69) is 0 Å². The van der Waals surface area contributed by atoms with Gasteiger partial charge in [0, 0.05) is 0 Å².